The van der Waals surface area contributed by atoms with Gasteiger partial charge in [0.05, 0.1) is 5.56 Å². The number of hydrogen-bond donors (Lipinski definition) is 1. The van der Waals surface area contributed by atoms with Crippen LogP contribution in [0.25, 0.3) is 6.08 Å². The van der Waals surface area contributed by atoms with E-state index < -0.39 is 30.2 Å². The smallest absolute Gasteiger partial charge is 0.416 e. The average Bonchev–Trinajstić information content (AvgIpc) is 2.50. The summed E-state index contributed by atoms with van der Waals surface area (Å²) in [6.45, 7) is 3.28. The minimum atomic E-state index is -4.45. The van der Waals surface area contributed by atoms with Gasteiger partial charge < -0.3 is 10.1 Å². The van der Waals surface area contributed by atoms with Crippen LogP contribution in [0.1, 0.15) is 31.4 Å². The fraction of sp³-hybridized carbons (Fsp3) is 0.375. The molecule has 1 N–H and O–H groups in total. The van der Waals surface area contributed by atoms with E-state index in [4.69, 9.17) is 4.74 Å². The third-order valence-corrected chi connectivity index (χ3v) is 2.99. The first-order valence-electron chi connectivity index (χ1n) is 7.03. The topological polar surface area (TPSA) is 55.4 Å². The highest BCUT2D eigenvalue weighted by Crippen LogP contribution is 2.29. The number of rotatable bonds is 6. The molecule has 0 aromatic heterocycles. The van der Waals surface area contributed by atoms with Crippen LogP contribution in [0.3, 0.4) is 0 Å². The maximum Gasteiger partial charge on any atom is 0.416 e. The summed E-state index contributed by atoms with van der Waals surface area (Å²) < 4.78 is 42.4. The molecule has 1 amide bonds. The van der Waals surface area contributed by atoms with Gasteiger partial charge in [0.1, 0.15) is 0 Å². The van der Waals surface area contributed by atoms with Crippen molar-refractivity contribution in [3.8, 4) is 0 Å². The predicted molar refractivity (Wildman–Crippen MR) is 79.3 cm³/mol. The minimum absolute atomic E-state index is 0.0261. The third kappa shape index (κ3) is 6.99. The Labute approximate surface area is 132 Å². The Morgan fingerprint density at radius 3 is 2.65 bits per heavy atom. The molecule has 0 radical (unpaired) electrons. The number of benzene rings is 1. The molecule has 0 fully saturated rings. The van der Waals surface area contributed by atoms with Gasteiger partial charge >= 0.3 is 12.1 Å². The molecule has 7 heteroatoms. The van der Waals surface area contributed by atoms with Crippen LogP contribution in [0.2, 0.25) is 0 Å². The van der Waals surface area contributed by atoms with E-state index in [0.29, 0.717) is 0 Å². The fourth-order valence-corrected chi connectivity index (χ4v) is 1.59. The van der Waals surface area contributed by atoms with Crippen molar-refractivity contribution in [2.75, 3.05) is 6.61 Å². The van der Waals surface area contributed by atoms with E-state index in [9.17, 15) is 22.8 Å². The van der Waals surface area contributed by atoms with Gasteiger partial charge in [0.15, 0.2) is 6.61 Å². The first kappa shape index (κ1) is 18.7. The van der Waals surface area contributed by atoms with Crippen LogP contribution in [0.4, 0.5) is 13.2 Å². The van der Waals surface area contributed by atoms with Gasteiger partial charge in [-0.1, -0.05) is 19.1 Å². The lowest BCUT2D eigenvalue weighted by Gasteiger charge is -2.10. The van der Waals surface area contributed by atoms with Gasteiger partial charge in [-0.15, -0.1) is 0 Å². The summed E-state index contributed by atoms with van der Waals surface area (Å²) in [5.41, 5.74) is -0.596. The van der Waals surface area contributed by atoms with Gasteiger partial charge in [-0.05, 0) is 37.1 Å². The number of ether oxygens (including phenoxy) is 1. The predicted octanol–water partition coefficient (Wildman–Crippen LogP) is 3.18. The summed E-state index contributed by atoms with van der Waals surface area (Å²) in [5, 5.41) is 2.62. The highest BCUT2D eigenvalue weighted by molar-refractivity contribution is 5.89. The fourth-order valence-electron chi connectivity index (χ4n) is 1.59. The minimum Gasteiger partial charge on any atom is -0.452 e. The molecule has 1 rings (SSSR count). The molecule has 0 heterocycles. The van der Waals surface area contributed by atoms with Gasteiger partial charge in [0.25, 0.3) is 5.91 Å². The average molecular weight is 329 g/mol. The monoisotopic (exact) mass is 329 g/mol. The molecule has 0 unspecified atom stereocenters. The molecule has 1 atom stereocenters. The molecule has 0 aliphatic heterocycles. The molecule has 0 aliphatic carbocycles. The second-order valence-corrected chi connectivity index (χ2v) is 4.94. The van der Waals surface area contributed by atoms with E-state index in [2.05, 4.69) is 5.32 Å². The Kier molecular flexibility index (Phi) is 6.81. The molecule has 23 heavy (non-hydrogen) atoms. The molecule has 0 saturated heterocycles. The van der Waals surface area contributed by atoms with E-state index in [1.165, 1.54) is 18.2 Å². The Morgan fingerprint density at radius 2 is 2.04 bits per heavy atom. The number of carbonyl (C=O) groups excluding carboxylic acids is 2. The van der Waals surface area contributed by atoms with Crippen LogP contribution < -0.4 is 5.32 Å². The molecule has 0 bridgehead atoms. The van der Waals surface area contributed by atoms with E-state index in [1.807, 2.05) is 13.8 Å². The van der Waals surface area contributed by atoms with Gasteiger partial charge in [0.2, 0.25) is 0 Å². The van der Waals surface area contributed by atoms with Crippen molar-refractivity contribution in [3.63, 3.8) is 0 Å². The Morgan fingerprint density at radius 1 is 1.35 bits per heavy atom. The molecule has 0 aliphatic rings. The first-order chi connectivity index (χ1) is 10.7. The van der Waals surface area contributed by atoms with E-state index >= 15 is 0 Å². The standard InChI is InChI=1S/C16H18F3NO3/c1-3-11(2)20-14(21)10-23-15(22)8-7-12-5-4-6-13(9-12)16(17,18)19/h4-9,11H,3,10H2,1-2H3,(H,20,21)/b8-7+/t11-/m0/s1. The summed E-state index contributed by atoms with van der Waals surface area (Å²) in [6, 6.07) is 4.50. The summed E-state index contributed by atoms with van der Waals surface area (Å²) >= 11 is 0. The van der Waals surface area contributed by atoms with Crippen molar-refractivity contribution in [2.24, 2.45) is 0 Å². The number of esters is 1. The molecular formula is C16H18F3NO3. The molecule has 0 saturated carbocycles. The van der Waals surface area contributed by atoms with Crippen molar-refractivity contribution in [1.29, 1.82) is 0 Å². The number of halogens is 3. The van der Waals surface area contributed by atoms with Crippen molar-refractivity contribution in [2.45, 2.75) is 32.5 Å². The van der Waals surface area contributed by atoms with Crippen molar-refractivity contribution < 1.29 is 27.5 Å². The zero-order valence-electron chi connectivity index (χ0n) is 12.8. The lowest BCUT2D eigenvalue weighted by Crippen LogP contribution is -2.35. The highest BCUT2D eigenvalue weighted by atomic mass is 19.4. The lowest BCUT2D eigenvalue weighted by molar-refractivity contribution is -0.144. The molecule has 126 valence electrons. The number of hydrogen-bond acceptors (Lipinski definition) is 3. The SMILES string of the molecule is CC[C@H](C)NC(=O)COC(=O)/C=C/c1cccc(C(F)(F)F)c1. The van der Waals surface area contributed by atoms with Crippen molar-refractivity contribution in [3.05, 3.63) is 41.5 Å². The highest BCUT2D eigenvalue weighted by Gasteiger charge is 2.30. The third-order valence-electron chi connectivity index (χ3n) is 2.99. The van der Waals surface area contributed by atoms with Gasteiger partial charge in [-0.2, -0.15) is 13.2 Å². The van der Waals surface area contributed by atoms with Crippen LogP contribution in [-0.4, -0.2) is 24.5 Å². The van der Waals surface area contributed by atoms with Gasteiger partial charge in [-0.25, -0.2) is 4.79 Å². The number of carbonyl (C=O) groups is 2. The van der Waals surface area contributed by atoms with Crippen LogP contribution in [0, 0.1) is 0 Å². The molecule has 1 aromatic rings. The molecule has 4 nitrogen and oxygen atoms in total. The van der Waals surface area contributed by atoms with Gasteiger partial charge in [0, 0.05) is 12.1 Å². The van der Waals surface area contributed by atoms with Crippen molar-refractivity contribution in [1.82, 2.24) is 5.32 Å². The van der Waals surface area contributed by atoms with Crippen LogP contribution in [0.5, 0.6) is 0 Å². The quantitative estimate of drug-likeness (QED) is 0.644. The summed E-state index contributed by atoms with van der Waals surface area (Å²) in [4.78, 5) is 22.9. The van der Waals surface area contributed by atoms with Crippen molar-refractivity contribution >= 4 is 18.0 Å². The number of alkyl halides is 3. The Bertz CT molecular complexity index is 582. The summed E-state index contributed by atoms with van der Waals surface area (Å²) in [6.07, 6.45) is -1.52. The van der Waals surface area contributed by atoms with Crippen LogP contribution in [-0.2, 0) is 20.5 Å². The van der Waals surface area contributed by atoms with E-state index in [0.717, 1.165) is 24.6 Å². The van der Waals surface area contributed by atoms with E-state index in [-0.39, 0.29) is 11.6 Å². The summed E-state index contributed by atoms with van der Waals surface area (Å²) in [7, 11) is 0. The zero-order chi connectivity index (χ0) is 17.5. The maximum absolute atomic E-state index is 12.5. The largest absolute Gasteiger partial charge is 0.452 e. The molecule has 1 aromatic carbocycles. The zero-order valence-corrected chi connectivity index (χ0v) is 12.8. The first-order valence-corrected chi connectivity index (χ1v) is 7.03. The maximum atomic E-state index is 12.5. The Balaban J connectivity index is 2.54. The molecular weight excluding hydrogens is 311 g/mol. The number of nitrogens with one attached hydrogen (secondary N) is 1. The van der Waals surface area contributed by atoms with E-state index in [1.54, 1.807) is 0 Å². The van der Waals surface area contributed by atoms with Crippen LogP contribution >= 0.6 is 0 Å². The second-order valence-electron chi connectivity index (χ2n) is 4.94. The number of amides is 1. The summed E-state index contributed by atoms with van der Waals surface area (Å²) in [5.74, 6) is -1.23. The molecule has 0 spiro atoms. The lowest BCUT2D eigenvalue weighted by atomic mass is 10.1. The second kappa shape index (κ2) is 8.36. The van der Waals surface area contributed by atoms with Gasteiger partial charge in [-0.3, -0.25) is 4.79 Å². The Hall–Kier alpha value is -2.31. The van der Waals surface area contributed by atoms with Crippen LogP contribution in [0.15, 0.2) is 30.3 Å². The normalized spacial score (nSPS) is 12.9.